The number of amides is 1. The quantitative estimate of drug-likeness (QED) is 0.392. The average molecular weight is 507 g/mol. The second kappa shape index (κ2) is 9.60. The van der Waals surface area contributed by atoms with Crippen LogP contribution in [-0.2, 0) is 22.7 Å². The number of hydrogen-bond donors (Lipinski definition) is 1. The molecule has 0 saturated carbocycles. The molecular formula is C27H30N4O6. The van der Waals surface area contributed by atoms with Crippen LogP contribution in [0.1, 0.15) is 43.6 Å². The fraction of sp³-hybridized carbons (Fsp3) is 0.407. The Balaban J connectivity index is 0.00000137. The Hall–Kier alpha value is -3.76. The predicted molar refractivity (Wildman–Crippen MR) is 136 cm³/mol. The number of rotatable bonds is 1. The predicted octanol–water partition coefficient (Wildman–Crippen LogP) is 2.68. The summed E-state index contributed by atoms with van der Waals surface area (Å²) < 4.78 is 12.2. The van der Waals surface area contributed by atoms with E-state index in [1.807, 2.05) is 33.9 Å². The fourth-order valence-corrected chi connectivity index (χ4v) is 5.14. The maximum Gasteiger partial charge on any atom is 0.415 e. The molecule has 2 atom stereocenters. The highest BCUT2D eigenvalue weighted by molar-refractivity contribution is 5.86. The van der Waals surface area contributed by atoms with Gasteiger partial charge >= 0.3 is 12.1 Å². The van der Waals surface area contributed by atoms with Gasteiger partial charge in [-0.3, -0.25) is 4.79 Å². The molecule has 3 aliphatic rings. The summed E-state index contributed by atoms with van der Waals surface area (Å²) in [6, 6.07) is 8.89. The number of piperazine rings is 1. The van der Waals surface area contributed by atoms with E-state index in [1.165, 1.54) is 0 Å². The molecule has 3 aliphatic heterocycles. The molecule has 1 N–H and O–H groups in total. The molecule has 1 unspecified atom stereocenters. The largest absolute Gasteiger partial charge is 0.458 e. The van der Waals surface area contributed by atoms with Gasteiger partial charge in [-0.15, -0.1) is 0 Å². The number of esters is 1. The first-order chi connectivity index (χ1) is 17.8. The lowest BCUT2D eigenvalue weighted by Crippen LogP contribution is -2.53. The summed E-state index contributed by atoms with van der Waals surface area (Å²) in [6.45, 7) is 8.37. The molecule has 6 rings (SSSR count). The highest BCUT2D eigenvalue weighted by Gasteiger charge is 2.34. The summed E-state index contributed by atoms with van der Waals surface area (Å²) in [7, 11) is 2.03. The number of hydrogen-bond acceptors (Lipinski definition) is 8. The van der Waals surface area contributed by atoms with E-state index in [0.29, 0.717) is 35.7 Å². The van der Waals surface area contributed by atoms with Gasteiger partial charge in [-0.1, -0.05) is 13.8 Å². The van der Waals surface area contributed by atoms with Crippen LogP contribution in [0.25, 0.3) is 22.3 Å². The molecule has 3 aromatic rings. The molecule has 1 aromatic carbocycles. The van der Waals surface area contributed by atoms with E-state index in [-0.39, 0.29) is 35.4 Å². The van der Waals surface area contributed by atoms with E-state index in [4.69, 9.17) is 14.5 Å². The van der Waals surface area contributed by atoms with E-state index >= 15 is 0 Å². The highest BCUT2D eigenvalue weighted by atomic mass is 16.6. The lowest BCUT2D eigenvalue weighted by Gasteiger charge is -2.37. The zero-order valence-electron chi connectivity index (χ0n) is 21.4. The second-order valence-corrected chi connectivity index (χ2v) is 9.39. The number of pyridine rings is 2. The van der Waals surface area contributed by atoms with Crippen LogP contribution in [0.3, 0.4) is 0 Å². The van der Waals surface area contributed by atoms with Crippen LogP contribution in [0.4, 0.5) is 4.79 Å². The summed E-state index contributed by atoms with van der Waals surface area (Å²) in [4.78, 5) is 46.3. The van der Waals surface area contributed by atoms with Crippen LogP contribution in [0.2, 0.25) is 0 Å². The van der Waals surface area contributed by atoms with Crippen molar-refractivity contribution in [3.63, 3.8) is 0 Å². The van der Waals surface area contributed by atoms with Gasteiger partial charge in [0.2, 0.25) is 0 Å². The molecule has 5 heterocycles. The van der Waals surface area contributed by atoms with Gasteiger partial charge in [0, 0.05) is 42.2 Å². The first kappa shape index (κ1) is 24.9. The number of benzene rings is 1. The monoisotopic (exact) mass is 506 g/mol. The molecule has 0 spiro atoms. The van der Waals surface area contributed by atoms with Gasteiger partial charge in [-0.05, 0) is 44.3 Å². The third-order valence-corrected chi connectivity index (χ3v) is 7.02. The first-order valence-corrected chi connectivity index (χ1v) is 12.5. The number of ether oxygens (including phenoxy) is 2. The molecule has 10 heteroatoms. The standard InChI is InChI=1S/C25H24N4O6.C2H6/c1-13-10-27(2)5-6-28(13)25(33)35-16-3-4-19-14(8-16)7-15-11-29-20(21(15)26-19)9-17-18(23(29)31)12-34-24(32)22(17)30;1-2/h3-4,7-9,13,22,30H,5-6,10-12H2,1-2H3;1-2H3/t13?,22-;/m0./s1. The summed E-state index contributed by atoms with van der Waals surface area (Å²) in [6.07, 6.45) is -1.86. The summed E-state index contributed by atoms with van der Waals surface area (Å²) in [5.74, 6) is -0.336. The zero-order valence-corrected chi connectivity index (χ0v) is 21.4. The van der Waals surface area contributed by atoms with E-state index in [9.17, 15) is 19.5 Å². The Bertz CT molecular complexity index is 1470. The van der Waals surface area contributed by atoms with Crippen molar-refractivity contribution in [3.05, 3.63) is 57.4 Å². The number of carbonyl (C=O) groups is 2. The van der Waals surface area contributed by atoms with Crippen LogP contribution in [0.5, 0.6) is 5.75 Å². The Kier molecular flexibility index (Phi) is 6.47. The van der Waals surface area contributed by atoms with Crippen molar-refractivity contribution in [2.45, 2.75) is 46.1 Å². The number of likely N-dealkylation sites (N-methyl/N-ethyl adjacent to an activating group) is 1. The molecule has 194 valence electrons. The summed E-state index contributed by atoms with van der Waals surface area (Å²) >= 11 is 0. The van der Waals surface area contributed by atoms with Gasteiger partial charge in [0.1, 0.15) is 12.4 Å². The highest BCUT2D eigenvalue weighted by Crippen LogP contribution is 2.35. The Labute approximate surface area is 214 Å². The smallest absolute Gasteiger partial charge is 0.415 e. The summed E-state index contributed by atoms with van der Waals surface area (Å²) in [5, 5.41) is 11.0. The van der Waals surface area contributed by atoms with Crippen LogP contribution in [0, 0.1) is 0 Å². The SMILES string of the molecule is CC.CC1CN(C)CCN1C(=O)Oc1ccc2nc3c(cc2c1)Cn1c-3cc2c(c1=O)COC(=O)[C@H]2O. The molecule has 1 saturated heterocycles. The molecule has 37 heavy (non-hydrogen) atoms. The van der Waals surface area contributed by atoms with E-state index in [0.717, 1.165) is 24.0 Å². The maximum atomic E-state index is 13.1. The number of fused-ring (bicyclic) bond motifs is 5. The van der Waals surface area contributed by atoms with Crippen molar-refractivity contribution >= 4 is 23.0 Å². The van der Waals surface area contributed by atoms with E-state index in [2.05, 4.69) is 4.90 Å². The molecule has 0 bridgehead atoms. The molecule has 2 aromatic heterocycles. The van der Waals surface area contributed by atoms with Crippen LogP contribution >= 0.6 is 0 Å². The van der Waals surface area contributed by atoms with Crippen LogP contribution in [0.15, 0.2) is 35.1 Å². The van der Waals surface area contributed by atoms with Gasteiger partial charge in [0.05, 0.1) is 29.0 Å². The van der Waals surface area contributed by atoms with Crippen molar-refractivity contribution in [1.29, 1.82) is 0 Å². The van der Waals surface area contributed by atoms with Gasteiger partial charge < -0.3 is 28.9 Å². The minimum atomic E-state index is -1.48. The normalized spacial score (nSPS) is 20.4. The zero-order chi connectivity index (χ0) is 26.4. The van der Waals surface area contributed by atoms with Crippen LogP contribution in [-0.4, -0.2) is 69.2 Å². The molecule has 0 radical (unpaired) electrons. The number of nitrogens with zero attached hydrogens (tertiary/aromatic N) is 4. The topological polar surface area (TPSA) is 114 Å². The maximum absolute atomic E-state index is 13.1. The second-order valence-electron chi connectivity index (χ2n) is 9.39. The van der Waals surface area contributed by atoms with Crippen molar-refractivity contribution in [2.75, 3.05) is 26.7 Å². The minimum absolute atomic E-state index is 0.0634. The molecule has 0 aliphatic carbocycles. The third-order valence-electron chi connectivity index (χ3n) is 7.02. The Morgan fingerprint density at radius 2 is 1.95 bits per heavy atom. The molecular weight excluding hydrogens is 476 g/mol. The van der Waals surface area contributed by atoms with E-state index < -0.39 is 12.1 Å². The molecule has 1 amide bonds. The summed E-state index contributed by atoms with van der Waals surface area (Å²) in [5.41, 5.74) is 2.93. The van der Waals surface area contributed by atoms with Gasteiger partial charge in [-0.25, -0.2) is 14.6 Å². The van der Waals surface area contributed by atoms with Crippen molar-refractivity contribution in [3.8, 4) is 17.1 Å². The fourth-order valence-electron chi connectivity index (χ4n) is 5.14. The van der Waals surface area contributed by atoms with Gasteiger partial charge in [0.15, 0.2) is 6.10 Å². The number of aliphatic hydroxyl groups excluding tert-OH is 1. The molecule has 10 nitrogen and oxygen atoms in total. The van der Waals surface area contributed by atoms with Crippen LogP contribution < -0.4 is 10.3 Å². The van der Waals surface area contributed by atoms with Gasteiger partial charge in [0.25, 0.3) is 5.56 Å². The number of aromatic nitrogens is 2. The van der Waals surface area contributed by atoms with Gasteiger partial charge in [-0.2, -0.15) is 0 Å². The molecule has 1 fully saturated rings. The van der Waals surface area contributed by atoms with Crippen molar-refractivity contribution in [1.82, 2.24) is 19.4 Å². The third kappa shape index (κ3) is 4.25. The lowest BCUT2D eigenvalue weighted by molar-refractivity contribution is -0.157. The Morgan fingerprint density at radius 3 is 2.70 bits per heavy atom. The number of carbonyl (C=O) groups excluding carboxylic acids is 2. The minimum Gasteiger partial charge on any atom is -0.458 e. The number of aliphatic hydroxyl groups is 1. The average Bonchev–Trinajstić information content (AvgIpc) is 3.24. The van der Waals surface area contributed by atoms with Crippen molar-refractivity contribution in [2.24, 2.45) is 0 Å². The first-order valence-electron chi connectivity index (χ1n) is 12.5. The van der Waals surface area contributed by atoms with Crippen molar-refractivity contribution < 1.29 is 24.2 Å². The number of cyclic esters (lactones) is 1. The van der Waals surface area contributed by atoms with E-state index in [1.54, 1.807) is 33.7 Å². The Morgan fingerprint density at radius 1 is 1.16 bits per heavy atom. The lowest BCUT2D eigenvalue weighted by atomic mass is 10.0.